The molecule has 1 amide bonds. The lowest BCUT2D eigenvalue weighted by atomic mass is 9.81. The Bertz CT molecular complexity index is 1310. The number of nitrogens with zero attached hydrogens (tertiary/aromatic N) is 5. The zero-order valence-corrected chi connectivity index (χ0v) is 16.5. The predicted molar refractivity (Wildman–Crippen MR) is 115 cm³/mol. The van der Waals surface area contributed by atoms with Crippen molar-refractivity contribution < 1.29 is 4.79 Å². The van der Waals surface area contributed by atoms with Crippen LogP contribution in [0, 0.1) is 0 Å². The second-order valence-electron chi connectivity index (χ2n) is 8.03. The van der Waals surface area contributed by atoms with Crippen LogP contribution in [0.25, 0.3) is 22.4 Å². The van der Waals surface area contributed by atoms with Gasteiger partial charge in [0.15, 0.2) is 5.82 Å². The summed E-state index contributed by atoms with van der Waals surface area (Å²) in [6, 6.07) is 20.0. The Labute approximate surface area is 173 Å². The van der Waals surface area contributed by atoms with Gasteiger partial charge in [0.25, 0.3) is 0 Å². The highest BCUT2D eigenvalue weighted by atomic mass is 16.2. The standard InChI is InChI=1S/C23H20N6O/c1-28-20(19-11-10-15-6-2-4-8-17(15)24-19)26-27-22(28)29-13-12-23(14-29)16-7-3-5-9-18(16)25-21(23)30/h2-11H,12-14H2,1H3,(H,25,30). The summed E-state index contributed by atoms with van der Waals surface area (Å²) >= 11 is 0. The Morgan fingerprint density at radius 3 is 2.77 bits per heavy atom. The Morgan fingerprint density at radius 1 is 1.00 bits per heavy atom. The van der Waals surface area contributed by atoms with Gasteiger partial charge in [-0.25, -0.2) is 4.98 Å². The van der Waals surface area contributed by atoms with E-state index in [1.807, 2.05) is 60.1 Å². The van der Waals surface area contributed by atoms with E-state index in [1.165, 1.54) is 0 Å². The number of fused-ring (bicyclic) bond motifs is 3. The van der Waals surface area contributed by atoms with E-state index in [-0.39, 0.29) is 5.91 Å². The number of para-hydroxylation sites is 2. The van der Waals surface area contributed by atoms with E-state index in [0.717, 1.165) is 46.8 Å². The molecule has 4 aromatic rings. The largest absolute Gasteiger partial charge is 0.339 e. The number of anilines is 2. The third kappa shape index (κ3) is 2.32. The number of carbonyl (C=O) groups excluding carboxylic acids is 1. The number of rotatable bonds is 2. The number of pyridine rings is 1. The number of nitrogens with one attached hydrogen (secondary N) is 1. The molecule has 1 fully saturated rings. The fourth-order valence-corrected chi connectivity index (χ4v) is 4.77. The first kappa shape index (κ1) is 17.1. The van der Waals surface area contributed by atoms with Crippen LogP contribution in [0.1, 0.15) is 12.0 Å². The Balaban J connectivity index is 1.35. The summed E-state index contributed by atoms with van der Waals surface area (Å²) in [4.78, 5) is 19.8. The Hall–Kier alpha value is -3.74. The highest BCUT2D eigenvalue weighted by Crippen LogP contribution is 2.44. The molecule has 0 aliphatic carbocycles. The molecule has 1 spiro atoms. The Morgan fingerprint density at radius 2 is 1.83 bits per heavy atom. The van der Waals surface area contributed by atoms with Crippen LogP contribution in [0.5, 0.6) is 0 Å². The van der Waals surface area contributed by atoms with Gasteiger partial charge in [0.05, 0.1) is 10.9 Å². The van der Waals surface area contributed by atoms with Crippen molar-refractivity contribution in [3.8, 4) is 11.5 Å². The van der Waals surface area contributed by atoms with Gasteiger partial charge in [0.2, 0.25) is 11.9 Å². The smallest absolute Gasteiger partial charge is 0.236 e. The maximum atomic E-state index is 12.9. The number of amides is 1. The molecule has 7 nitrogen and oxygen atoms in total. The number of hydrogen-bond donors (Lipinski definition) is 1. The van der Waals surface area contributed by atoms with E-state index < -0.39 is 5.41 Å². The van der Waals surface area contributed by atoms with E-state index >= 15 is 0 Å². The number of carbonyl (C=O) groups is 1. The average molecular weight is 396 g/mol. The topological polar surface area (TPSA) is 75.9 Å². The predicted octanol–water partition coefficient (Wildman–Crippen LogP) is 3.13. The number of aromatic nitrogens is 4. The summed E-state index contributed by atoms with van der Waals surface area (Å²) in [5, 5.41) is 13.0. The molecule has 0 saturated carbocycles. The Kier molecular flexibility index (Phi) is 3.50. The van der Waals surface area contributed by atoms with Gasteiger partial charge < -0.3 is 10.2 Å². The van der Waals surface area contributed by atoms with Gasteiger partial charge in [0, 0.05) is 31.2 Å². The van der Waals surface area contributed by atoms with E-state index in [0.29, 0.717) is 12.4 Å². The molecule has 1 N–H and O–H groups in total. The molecule has 2 aliphatic rings. The van der Waals surface area contributed by atoms with E-state index in [9.17, 15) is 4.79 Å². The average Bonchev–Trinajstić information content (AvgIpc) is 3.45. The van der Waals surface area contributed by atoms with Crippen molar-refractivity contribution in [1.82, 2.24) is 19.7 Å². The lowest BCUT2D eigenvalue weighted by Gasteiger charge is -2.22. The molecule has 4 heterocycles. The van der Waals surface area contributed by atoms with Crippen LogP contribution < -0.4 is 10.2 Å². The normalized spacial score (nSPS) is 20.2. The van der Waals surface area contributed by atoms with Crippen LogP contribution in [0.3, 0.4) is 0 Å². The molecule has 2 aliphatic heterocycles. The van der Waals surface area contributed by atoms with Crippen molar-refractivity contribution in [2.24, 2.45) is 7.05 Å². The van der Waals surface area contributed by atoms with Gasteiger partial charge in [-0.1, -0.05) is 42.5 Å². The van der Waals surface area contributed by atoms with E-state index in [4.69, 9.17) is 4.98 Å². The van der Waals surface area contributed by atoms with Crippen LogP contribution in [0.15, 0.2) is 60.7 Å². The number of benzene rings is 2. The molecule has 0 radical (unpaired) electrons. The molecule has 1 atom stereocenters. The highest BCUT2D eigenvalue weighted by Gasteiger charge is 2.51. The minimum Gasteiger partial charge on any atom is -0.339 e. The molecule has 6 rings (SSSR count). The van der Waals surface area contributed by atoms with Gasteiger partial charge in [-0.15, -0.1) is 10.2 Å². The maximum absolute atomic E-state index is 12.9. The lowest BCUT2D eigenvalue weighted by Crippen LogP contribution is -2.38. The van der Waals surface area contributed by atoms with Crippen molar-refractivity contribution in [2.45, 2.75) is 11.8 Å². The zero-order chi connectivity index (χ0) is 20.3. The maximum Gasteiger partial charge on any atom is 0.236 e. The summed E-state index contributed by atoms with van der Waals surface area (Å²) in [5.74, 6) is 1.55. The zero-order valence-electron chi connectivity index (χ0n) is 16.5. The second kappa shape index (κ2) is 6.13. The molecule has 2 aromatic heterocycles. The summed E-state index contributed by atoms with van der Waals surface area (Å²) in [6.07, 6.45) is 0.756. The number of hydrogen-bond acceptors (Lipinski definition) is 5. The van der Waals surface area contributed by atoms with Crippen molar-refractivity contribution in [1.29, 1.82) is 0 Å². The fraction of sp³-hybridized carbons (Fsp3) is 0.217. The molecule has 1 saturated heterocycles. The summed E-state index contributed by atoms with van der Waals surface area (Å²) in [5.41, 5.74) is 3.19. The molecule has 0 bridgehead atoms. The molecular weight excluding hydrogens is 376 g/mol. The van der Waals surface area contributed by atoms with Gasteiger partial charge >= 0.3 is 0 Å². The highest BCUT2D eigenvalue weighted by molar-refractivity contribution is 6.07. The third-order valence-corrected chi connectivity index (χ3v) is 6.36. The molecule has 7 heteroatoms. The summed E-state index contributed by atoms with van der Waals surface area (Å²) in [7, 11) is 1.95. The minimum atomic E-state index is -0.524. The van der Waals surface area contributed by atoms with Gasteiger partial charge in [-0.2, -0.15) is 0 Å². The first-order valence-electron chi connectivity index (χ1n) is 10.1. The fourth-order valence-electron chi connectivity index (χ4n) is 4.77. The van der Waals surface area contributed by atoms with Gasteiger partial charge in [0.1, 0.15) is 5.69 Å². The monoisotopic (exact) mass is 396 g/mol. The van der Waals surface area contributed by atoms with Crippen molar-refractivity contribution in [3.63, 3.8) is 0 Å². The van der Waals surface area contributed by atoms with Crippen LogP contribution in [-0.4, -0.2) is 38.7 Å². The van der Waals surface area contributed by atoms with Gasteiger partial charge in [-0.05, 0) is 30.2 Å². The quantitative estimate of drug-likeness (QED) is 0.563. The second-order valence-corrected chi connectivity index (χ2v) is 8.03. The van der Waals surface area contributed by atoms with E-state index in [1.54, 1.807) is 0 Å². The van der Waals surface area contributed by atoms with E-state index in [2.05, 4.69) is 32.5 Å². The molecule has 30 heavy (non-hydrogen) atoms. The first-order chi connectivity index (χ1) is 14.7. The van der Waals surface area contributed by atoms with Crippen molar-refractivity contribution in [3.05, 3.63) is 66.2 Å². The minimum absolute atomic E-state index is 0.0739. The van der Waals surface area contributed by atoms with Crippen LogP contribution in [-0.2, 0) is 17.3 Å². The van der Waals surface area contributed by atoms with Crippen LogP contribution >= 0.6 is 0 Å². The van der Waals surface area contributed by atoms with Crippen LogP contribution in [0.4, 0.5) is 11.6 Å². The van der Waals surface area contributed by atoms with Crippen molar-refractivity contribution in [2.75, 3.05) is 23.3 Å². The summed E-state index contributed by atoms with van der Waals surface area (Å²) in [6.45, 7) is 1.34. The SMILES string of the molecule is Cn1c(-c2ccc3ccccc3n2)nnc1N1CCC2(C1)C(=O)Nc1ccccc12. The van der Waals surface area contributed by atoms with Gasteiger partial charge in [-0.3, -0.25) is 9.36 Å². The van der Waals surface area contributed by atoms with Crippen LogP contribution in [0.2, 0.25) is 0 Å². The van der Waals surface area contributed by atoms with Crippen molar-refractivity contribution >= 4 is 28.4 Å². The molecule has 1 unspecified atom stereocenters. The molecular formula is C23H20N6O. The molecule has 2 aromatic carbocycles. The summed E-state index contributed by atoms with van der Waals surface area (Å²) < 4.78 is 1.97. The molecule has 148 valence electrons. The third-order valence-electron chi connectivity index (χ3n) is 6.36. The lowest BCUT2D eigenvalue weighted by molar-refractivity contribution is -0.120. The first-order valence-corrected chi connectivity index (χ1v) is 10.1.